The number of hydrogen-bond acceptors (Lipinski definition) is 6. The number of nitrogens with zero attached hydrogens (tertiary/aromatic N) is 1. The highest BCUT2D eigenvalue weighted by molar-refractivity contribution is 7.89. The van der Waals surface area contributed by atoms with E-state index in [9.17, 15) is 22.8 Å². The number of rotatable bonds is 7. The lowest BCUT2D eigenvalue weighted by Gasteiger charge is -2.14. The van der Waals surface area contributed by atoms with Crippen LogP contribution in [0.3, 0.4) is 0 Å². The standard InChI is InChI=1S/C20H23N3O6S/c1-13(24)15-6-5-7-16(10-15)22-19(25)14(2)29-20(26)18-11-17(12-21-18)30(27,28)23-8-3-4-9-23/h5-7,10-12,14,21H,3-4,8-9H2,1-2H3,(H,22,25). The molecule has 0 spiro atoms. The van der Waals surface area contributed by atoms with Crippen LogP contribution in [0.25, 0.3) is 0 Å². The minimum absolute atomic E-state index is 0.0190. The van der Waals surface area contributed by atoms with E-state index in [1.54, 1.807) is 18.2 Å². The average molecular weight is 433 g/mol. The average Bonchev–Trinajstić information content (AvgIpc) is 3.40. The van der Waals surface area contributed by atoms with Gasteiger partial charge in [0.2, 0.25) is 10.0 Å². The van der Waals surface area contributed by atoms with Gasteiger partial charge in [-0.3, -0.25) is 9.59 Å². The zero-order valence-corrected chi connectivity index (χ0v) is 17.5. The molecule has 0 radical (unpaired) electrons. The summed E-state index contributed by atoms with van der Waals surface area (Å²) in [5.74, 6) is -1.57. The van der Waals surface area contributed by atoms with E-state index in [4.69, 9.17) is 4.74 Å². The molecule has 1 unspecified atom stereocenters. The van der Waals surface area contributed by atoms with Gasteiger partial charge in [-0.2, -0.15) is 4.31 Å². The Bertz CT molecular complexity index is 1070. The number of carbonyl (C=O) groups excluding carboxylic acids is 3. The molecule has 1 aromatic carbocycles. The smallest absolute Gasteiger partial charge is 0.355 e. The van der Waals surface area contributed by atoms with Gasteiger partial charge in [-0.1, -0.05) is 12.1 Å². The predicted octanol–water partition coefficient (Wildman–Crippen LogP) is 2.19. The maximum atomic E-state index is 12.5. The lowest BCUT2D eigenvalue weighted by atomic mass is 10.1. The van der Waals surface area contributed by atoms with Gasteiger partial charge in [0.15, 0.2) is 11.9 Å². The Morgan fingerprint density at radius 3 is 2.53 bits per heavy atom. The van der Waals surface area contributed by atoms with Crippen molar-refractivity contribution in [3.8, 4) is 0 Å². The molecule has 0 saturated carbocycles. The second-order valence-corrected chi connectivity index (χ2v) is 8.97. The number of sulfonamides is 1. The molecule has 1 aliphatic rings. The van der Waals surface area contributed by atoms with Gasteiger partial charge >= 0.3 is 5.97 Å². The molecule has 1 aromatic heterocycles. The molecule has 1 amide bonds. The molecule has 1 fully saturated rings. The van der Waals surface area contributed by atoms with Crippen LogP contribution < -0.4 is 5.32 Å². The molecule has 0 aliphatic carbocycles. The van der Waals surface area contributed by atoms with Crippen LogP contribution in [-0.2, 0) is 19.6 Å². The Labute approximate surface area is 174 Å². The van der Waals surface area contributed by atoms with Crippen molar-refractivity contribution >= 4 is 33.4 Å². The summed E-state index contributed by atoms with van der Waals surface area (Å²) < 4.78 is 31.6. The molecular formula is C20H23N3O6S. The third-order valence-corrected chi connectivity index (χ3v) is 6.65. The van der Waals surface area contributed by atoms with E-state index in [0.29, 0.717) is 24.3 Å². The normalized spacial score (nSPS) is 15.5. The quantitative estimate of drug-likeness (QED) is 0.509. The van der Waals surface area contributed by atoms with Crippen molar-refractivity contribution in [1.29, 1.82) is 0 Å². The molecule has 2 N–H and O–H groups in total. The summed E-state index contributed by atoms with van der Waals surface area (Å²) in [4.78, 5) is 38.7. The van der Waals surface area contributed by atoms with Crippen LogP contribution in [0.1, 0.15) is 47.5 Å². The molecule has 10 heteroatoms. The first-order valence-electron chi connectivity index (χ1n) is 9.50. The van der Waals surface area contributed by atoms with Gasteiger partial charge in [0.1, 0.15) is 10.6 Å². The zero-order valence-electron chi connectivity index (χ0n) is 16.7. The summed E-state index contributed by atoms with van der Waals surface area (Å²) in [5.41, 5.74) is 0.774. The van der Waals surface area contributed by atoms with E-state index in [1.807, 2.05) is 0 Å². The zero-order chi connectivity index (χ0) is 21.9. The second kappa shape index (κ2) is 8.80. The maximum Gasteiger partial charge on any atom is 0.355 e. The molecule has 3 rings (SSSR count). The van der Waals surface area contributed by atoms with Crippen LogP contribution in [0.5, 0.6) is 0 Å². The summed E-state index contributed by atoms with van der Waals surface area (Å²) in [6.45, 7) is 3.72. The molecule has 1 aliphatic heterocycles. The van der Waals surface area contributed by atoms with Gasteiger partial charge in [0.25, 0.3) is 5.91 Å². The highest BCUT2D eigenvalue weighted by Gasteiger charge is 2.29. The van der Waals surface area contributed by atoms with Gasteiger partial charge in [0.05, 0.1) is 0 Å². The minimum Gasteiger partial charge on any atom is -0.448 e. The number of aromatic nitrogens is 1. The monoisotopic (exact) mass is 433 g/mol. The molecule has 1 saturated heterocycles. The number of amides is 1. The summed E-state index contributed by atoms with van der Waals surface area (Å²) in [7, 11) is -3.66. The van der Waals surface area contributed by atoms with Crippen molar-refractivity contribution in [2.24, 2.45) is 0 Å². The molecule has 2 heterocycles. The van der Waals surface area contributed by atoms with Crippen LogP contribution in [0, 0.1) is 0 Å². The van der Waals surface area contributed by atoms with E-state index in [0.717, 1.165) is 12.8 Å². The third-order valence-electron chi connectivity index (χ3n) is 4.77. The Morgan fingerprint density at radius 2 is 1.87 bits per heavy atom. The number of carbonyl (C=O) groups is 3. The predicted molar refractivity (Wildman–Crippen MR) is 109 cm³/mol. The highest BCUT2D eigenvalue weighted by Crippen LogP contribution is 2.22. The number of Topliss-reactive ketones (excluding diaryl/α,β-unsaturated/α-hetero) is 1. The Balaban J connectivity index is 1.63. The van der Waals surface area contributed by atoms with Crippen molar-refractivity contribution in [3.63, 3.8) is 0 Å². The van der Waals surface area contributed by atoms with Crippen LogP contribution in [0.2, 0.25) is 0 Å². The van der Waals surface area contributed by atoms with Gasteiger partial charge in [-0.05, 0) is 44.9 Å². The number of anilines is 1. The van der Waals surface area contributed by atoms with Gasteiger partial charge in [0, 0.05) is 30.5 Å². The number of H-pyrrole nitrogens is 1. The summed E-state index contributed by atoms with van der Waals surface area (Å²) in [5, 5.41) is 2.58. The van der Waals surface area contributed by atoms with Crippen molar-refractivity contribution in [2.45, 2.75) is 37.7 Å². The first-order chi connectivity index (χ1) is 14.2. The minimum atomic E-state index is -3.66. The van der Waals surface area contributed by atoms with E-state index < -0.39 is 28.0 Å². The lowest BCUT2D eigenvalue weighted by Crippen LogP contribution is -2.30. The van der Waals surface area contributed by atoms with Crippen LogP contribution in [-0.4, -0.2) is 54.6 Å². The first-order valence-corrected chi connectivity index (χ1v) is 10.9. The van der Waals surface area contributed by atoms with E-state index in [2.05, 4.69) is 10.3 Å². The molecule has 0 bridgehead atoms. The maximum absolute atomic E-state index is 12.5. The van der Waals surface area contributed by atoms with Gasteiger partial charge in [-0.25, -0.2) is 13.2 Å². The second-order valence-electron chi connectivity index (χ2n) is 7.03. The molecular weight excluding hydrogens is 410 g/mol. The number of nitrogens with one attached hydrogen (secondary N) is 2. The number of esters is 1. The van der Waals surface area contributed by atoms with Crippen LogP contribution in [0.15, 0.2) is 41.4 Å². The summed E-state index contributed by atoms with van der Waals surface area (Å²) >= 11 is 0. The fourth-order valence-corrected chi connectivity index (χ4v) is 4.57. The van der Waals surface area contributed by atoms with Crippen molar-refractivity contribution in [2.75, 3.05) is 18.4 Å². The number of ether oxygens (including phenoxy) is 1. The Morgan fingerprint density at radius 1 is 1.17 bits per heavy atom. The summed E-state index contributed by atoms with van der Waals surface area (Å²) in [6.07, 6.45) is 1.71. The first kappa shape index (κ1) is 21.7. The van der Waals surface area contributed by atoms with E-state index in [-0.39, 0.29) is 16.4 Å². The highest BCUT2D eigenvalue weighted by atomic mass is 32.2. The van der Waals surface area contributed by atoms with Crippen molar-refractivity contribution < 1.29 is 27.5 Å². The number of benzene rings is 1. The molecule has 1 atom stereocenters. The fourth-order valence-electron chi connectivity index (χ4n) is 3.06. The topological polar surface area (TPSA) is 126 Å². The van der Waals surface area contributed by atoms with Crippen LogP contribution in [0.4, 0.5) is 5.69 Å². The fraction of sp³-hybridized carbons (Fsp3) is 0.350. The Hall–Kier alpha value is -2.98. The van der Waals surface area contributed by atoms with E-state index in [1.165, 1.54) is 36.5 Å². The van der Waals surface area contributed by atoms with Gasteiger partial charge < -0.3 is 15.0 Å². The van der Waals surface area contributed by atoms with Crippen LogP contribution >= 0.6 is 0 Å². The molecule has 30 heavy (non-hydrogen) atoms. The largest absolute Gasteiger partial charge is 0.448 e. The number of ketones is 1. The van der Waals surface area contributed by atoms with Crippen molar-refractivity contribution in [3.05, 3.63) is 47.8 Å². The number of hydrogen-bond donors (Lipinski definition) is 2. The van der Waals surface area contributed by atoms with Crippen molar-refractivity contribution in [1.82, 2.24) is 9.29 Å². The SMILES string of the molecule is CC(=O)c1cccc(NC(=O)C(C)OC(=O)c2cc(S(=O)(=O)N3CCCC3)c[nH]2)c1. The van der Waals surface area contributed by atoms with Gasteiger partial charge in [-0.15, -0.1) is 0 Å². The summed E-state index contributed by atoms with van der Waals surface area (Å²) in [6, 6.07) is 7.59. The number of aromatic amines is 1. The Kier molecular flexibility index (Phi) is 6.37. The molecule has 2 aromatic rings. The lowest BCUT2D eigenvalue weighted by molar-refractivity contribution is -0.123. The van der Waals surface area contributed by atoms with E-state index >= 15 is 0 Å². The molecule has 160 valence electrons. The molecule has 9 nitrogen and oxygen atoms in total. The third kappa shape index (κ3) is 4.77.